The molecule has 1 atom stereocenters. The molecule has 0 saturated carbocycles. The number of unbranched alkanes of at least 4 members (excludes halogenated alkanes) is 13. The minimum atomic E-state index is 0.530. The lowest BCUT2D eigenvalue weighted by Gasteiger charge is -2.27. The van der Waals surface area contributed by atoms with Gasteiger partial charge in [0.05, 0.1) is 6.17 Å². The van der Waals surface area contributed by atoms with Crippen molar-refractivity contribution in [2.75, 3.05) is 19.6 Å². The topological polar surface area (TPSA) is 15.3 Å². The Hall–Kier alpha value is -0.0800. The predicted molar refractivity (Wildman–Crippen MR) is 111 cm³/mol. The van der Waals surface area contributed by atoms with Crippen LogP contribution in [0.25, 0.3) is 0 Å². The lowest BCUT2D eigenvalue weighted by Crippen LogP contribution is -2.43. The number of rotatable bonds is 19. The first kappa shape index (κ1) is 23.9. The van der Waals surface area contributed by atoms with E-state index in [-0.39, 0.29) is 0 Å². The summed E-state index contributed by atoms with van der Waals surface area (Å²) in [6, 6.07) is 0. The number of nitrogens with one attached hydrogen (secondary N) is 1. The maximum atomic E-state index is 3.65. The van der Waals surface area contributed by atoms with Gasteiger partial charge in [0.15, 0.2) is 0 Å². The summed E-state index contributed by atoms with van der Waals surface area (Å²) < 4.78 is 0. The third kappa shape index (κ3) is 15.4. The van der Waals surface area contributed by atoms with Gasteiger partial charge >= 0.3 is 0 Å². The van der Waals surface area contributed by atoms with Crippen molar-refractivity contribution in [2.45, 2.75) is 124 Å². The molecular weight excluding hydrogens is 292 g/mol. The van der Waals surface area contributed by atoms with Crippen LogP contribution < -0.4 is 5.32 Å². The fourth-order valence-electron chi connectivity index (χ4n) is 3.53. The lowest BCUT2D eigenvalue weighted by molar-refractivity contribution is 0.196. The number of hydrogen-bond acceptors (Lipinski definition) is 2. The summed E-state index contributed by atoms with van der Waals surface area (Å²) in [7, 11) is 0. The number of nitrogens with zero attached hydrogens (tertiary/aromatic N) is 1. The second-order valence-electron chi connectivity index (χ2n) is 7.45. The van der Waals surface area contributed by atoms with Crippen LogP contribution in [0, 0.1) is 0 Å². The largest absolute Gasteiger partial charge is 0.302 e. The first-order valence-electron chi connectivity index (χ1n) is 11.2. The Labute approximate surface area is 154 Å². The van der Waals surface area contributed by atoms with Crippen LogP contribution >= 0.6 is 0 Å². The van der Waals surface area contributed by atoms with Gasteiger partial charge < -0.3 is 5.32 Å². The average Bonchev–Trinajstić information content (AvgIpc) is 2.59. The van der Waals surface area contributed by atoms with Gasteiger partial charge in [-0.1, -0.05) is 104 Å². The maximum absolute atomic E-state index is 3.65. The molecule has 0 aromatic rings. The summed E-state index contributed by atoms with van der Waals surface area (Å²) in [5.41, 5.74) is 0. The minimum Gasteiger partial charge on any atom is -0.302 e. The van der Waals surface area contributed by atoms with E-state index in [9.17, 15) is 0 Å². The van der Waals surface area contributed by atoms with E-state index in [1.165, 1.54) is 96.4 Å². The van der Waals surface area contributed by atoms with Crippen LogP contribution in [0.5, 0.6) is 0 Å². The maximum Gasteiger partial charge on any atom is 0.0567 e. The van der Waals surface area contributed by atoms with Crippen molar-refractivity contribution in [1.82, 2.24) is 10.2 Å². The molecule has 24 heavy (non-hydrogen) atoms. The average molecular weight is 341 g/mol. The lowest BCUT2D eigenvalue weighted by atomic mass is 10.0. The van der Waals surface area contributed by atoms with E-state index in [0.29, 0.717) is 6.17 Å². The van der Waals surface area contributed by atoms with Gasteiger partial charge in [0.1, 0.15) is 0 Å². The van der Waals surface area contributed by atoms with Gasteiger partial charge in [-0.25, -0.2) is 0 Å². The second kappa shape index (κ2) is 19.2. The normalized spacial score (nSPS) is 12.9. The van der Waals surface area contributed by atoms with Crippen LogP contribution in [0.3, 0.4) is 0 Å². The third-order valence-corrected chi connectivity index (χ3v) is 5.33. The first-order chi connectivity index (χ1) is 11.8. The summed E-state index contributed by atoms with van der Waals surface area (Å²) in [6.45, 7) is 12.5. The van der Waals surface area contributed by atoms with Crippen molar-refractivity contribution >= 4 is 0 Å². The molecule has 2 nitrogen and oxygen atoms in total. The van der Waals surface area contributed by atoms with E-state index in [2.05, 4.69) is 37.9 Å². The molecule has 0 rings (SSSR count). The first-order valence-corrected chi connectivity index (χ1v) is 11.2. The standard InChI is InChI=1S/C22H48N2/c1-5-8-9-10-11-12-13-14-15-16-17-18-19-20-21-23-22(4)24(6-2)7-3/h22-23H,5-21H2,1-4H3. The fourth-order valence-corrected chi connectivity index (χ4v) is 3.53. The van der Waals surface area contributed by atoms with E-state index in [1.54, 1.807) is 0 Å². The van der Waals surface area contributed by atoms with Crippen molar-refractivity contribution < 1.29 is 0 Å². The van der Waals surface area contributed by atoms with E-state index < -0.39 is 0 Å². The van der Waals surface area contributed by atoms with Crippen LogP contribution in [-0.4, -0.2) is 30.7 Å². The summed E-state index contributed by atoms with van der Waals surface area (Å²) >= 11 is 0. The molecule has 0 spiro atoms. The Morgan fingerprint density at radius 1 is 0.583 bits per heavy atom. The van der Waals surface area contributed by atoms with Crippen LogP contribution in [0.4, 0.5) is 0 Å². The van der Waals surface area contributed by atoms with Gasteiger partial charge in [-0.3, -0.25) is 4.90 Å². The molecule has 1 N–H and O–H groups in total. The zero-order valence-corrected chi connectivity index (χ0v) is 17.5. The SMILES string of the molecule is CCCCCCCCCCCCCCCCNC(C)N(CC)CC. The van der Waals surface area contributed by atoms with Crippen molar-refractivity contribution in [2.24, 2.45) is 0 Å². The Balaban J connectivity index is 3.15. The molecule has 0 aromatic carbocycles. The molecule has 146 valence electrons. The highest BCUT2D eigenvalue weighted by molar-refractivity contribution is 4.62. The van der Waals surface area contributed by atoms with E-state index in [1.807, 2.05) is 0 Å². The molecule has 0 aliphatic heterocycles. The number of hydrogen-bond donors (Lipinski definition) is 1. The summed E-state index contributed by atoms with van der Waals surface area (Å²) in [4.78, 5) is 2.48. The minimum absolute atomic E-state index is 0.530. The Kier molecular flexibility index (Phi) is 19.2. The van der Waals surface area contributed by atoms with Gasteiger partial charge in [0, 0.05) is 0 Å². The Morgan fingerprint density at radius 2 is 0.958 bits per heavy atom. The molecule has 2 heteroatoms. The third-order valence-electron chi connectivity index (χ3n) is 5.33. The highest BCUT2D eigenvalue weighted by Crippen LogP contribution is 2.12. The monoisotopic (exact) mass is 340 g/mol. The van der Waals surface area contributed by atoms with Gasteiger partial charge in [-0.15, -0.1) is 0 Å². The van der Waals surface area contributed by atoms with Crippen molar-refractivity contribution in [3.63, 3.8) is 0 Å². The Morgan fingerprint density at radius 3 is 1.33 bits per heavy atom. The van der Waals surface area contributed by atoms with Crippen molar-refractivity contribution in [1.29, 1.82) is 0 Å². The molecule has 0 aliphatic carbocycles. The van der Waals surface area contributed by atoms with Gasteiger partial charge in [0.25, 0.3) is 0 Å². The molecule has 0 aromatic heterocycles. The smallest absolute Gasteiger partial charge is 0.0567 e. The summed E-state index contributed by atoms with van der Waals surface area (Å²) in [5.74, 6) is 0. The Bertz CT molecular complexity index is 226. The molecule has 0 heterocycles. The molecule has 1 unspecified atom stereocenters. The quantitative estimate of drug-likeness (QED) is 0.207. The van der Waals surface area contributed by atoms with Gasteiger partial charge in [-0.05, 0) is 33.0 Å². The predicted octanol–water partition coefficient (Wildman–Crippen LogP) is 6.75. The van der Waals surface area contributed by atoms with Gasteiger partial charge in [0.2, 0.25) is 0 Å². The molecular formula is C22H48N2. The molecule has 0 aliphatic rings. The zero-order valence-electron chi connectivity index (χ0n) is 17.5. The van der Waals surface area contributed by atoms with E-state index in [4.69, 9.17) is 0 Å². The van der Waals surface area contributed by atoms with Crippen LogP contribution in [0.1, 0.15) is 118 Å². The molecule has 0 bridgehead atoms. The highest BCUT2D eigenvalue weighted by Gasteiger charge is 2.07. The van der Waals surface area contributed by atoms with Crippen molar-refractivity contribution in [3.8, 4) is 0 Å². The summed E-state index contributed by atoms with van der Waals surface area (Å²) in [6.07, 6.45) is 20.7. The summed E-state index contributed by atoms with van der Waals surface area (Å²) in [5, 5.41) is 3.65. The zero-order chi connectivity index (χ0) is 17.9. The van der Waals surface area contributed by atoms with Crippen LogP contribution in [0.15, 0.2) is 0 Å². The van der Waals surface area contributed by atoms with Crippen LogP contribution in [-0.2, 0) is 0 Å². The van der Waals surface area contributed by atoms with Gasteiger partial charge in [-0.2, -0.15) is 0 Å². The molecule has 0 radical (unpaired) electrons. The molecule has 0 saturated heterocycles. The molecule has 0 amide bonds. The van der Waals surface area contributed by atoms with Crippen LogP contribution in [0.2, 0.25) is 0 Å². The van der Waals surface area contributed by atoms with Crippen molar-refractivity contribution in [3.05, 3.63) is 0 Å². The molecule has 0 fully saturated rings. The highest BCUT2D eigenvalue weighted by atomic mass is 15.2. The second-order valence-corrected chi connectivity index (χ2v) is 7.45. The van der Waals surface area contributed by atoms with E-state index >= 15 is 0 Å². The fraction of sp³-hybridized carbons (Fsp3) is 1.00. The van der Waals surface area contributed by atoms with E-state index in [0.717, 1.165) is 13.1 Å².